The molecule has 142 valence electrons. The van der Waals surface area contributed by atoms with Crippen molar-refractivity contribution in [2.75, 3.05) is 6.54 Å². The number of benzene rings is 1. The summed E-state index contributed by atoms with van der Waals surface area (Å²) in [4.78, 5) is 40.5. The van der Waals surface area contributed by atoms with E-state index in [4.69, 9.17) is 0 Å². The van der Waals surface area contributed by atoms with Crippen LogP contribution in [0.1, 0.15) is 23.6 Å². The molecule has 1 N–H and O–H groups in total. The smallest absolute Gasteiger partial charge is 0.332 e. The second-order valence-corrected chi connectivity index (χ2v) is 6.74. The van der Waals surface area contributed by atoms with Gasteiger partial charge < -0.3 is 5.32 Å². The number of nitrogens with one attached hydrogen (secondary N) is 1. The van der Waals surface area contributed by atoms with E-state index in [2.05, 4.69) is 10.3 Å². The number of carbonyl (C=O) groups excluding carboxylic acids is 1. The molecule has 0 aliphatic rings. The van der Waals surface area contributed by atoms with Crippen LogP contribution in [0.25, 0.3) is 16.9 Å². The number of hydrogen-bond donors (Lipinski definition) is 1. The Balaban J connectivity index is 2.28. The molecule has 8 nitrogen and oxygen atoms in total. The normalized spacial score (nSPS) is 11.1. The van der Waals surface area contributed by atoms with Gasteiger partial charge in [0.1, 0.15) is 6.33 Å². The van der Waals surface area contributed by atoms with Gasteiger partial charge in [-0.15, -0.1) is 0 Å². The number of aromatic nitrogens is 4. The van der Waals surface area contributed by atoms with Crippen molar-refractivity contribution in [3.63, 3.8) is 0 Å². The zero-order chi connectivity index (χ0) is 19.9. The Morgan fingerprint density at radius 2 is 1.85 bits per heavy atom. The first kappa shape index (κ1) is 18.6. The lowest BCUT2D eigenvalue weighted by Gasteiger charge is -2.17. The van der Waals surface area contributed by atoms with Crippen LogP contribution in [0.3, 0.4) is 0 Å². The molecule has 0 atom stereocenters. The largest absolute Gasteiger partial charge is 0.356 e. The van der Waals surface area contributed by atoms with E-state index in [1.54, 1.807) is 17.9 Å². The van der Waals surface area contributed by atoms with Gasteiger partial charge in [-0.2, -0.15) is 0 Å². The first-order valence-corrected chi connectivity index (χ1v) is 8.71. The Labute approximate surface area is 156 Å². The van der Waals surface area contributed by atoms with Crippen molar-refractivity contribution in [1.82, 2.24) is 24.0 Å². The number of nitrogens with zero attached hydrogens (tertiary/aromatic N) is 4. The fourth-order valence-corrected chi connectivity index (χ4v) is 3.28. The van der Waals surface area contributed by atoms with Crippen LogP contribution in [-0.4, -0.2) is 31.1 Å². The molecule has 0 bridgehead atoms. The van der Waals surface area contributed by atoms with Crippen LogP contribution in [0.2, 0.25) is 0 Å². The van der Waals surface area contributed by atoms with Crippen LogP contribution in [0, 0.1) is 13.8 Å². The summed E-state index contributed by atoms with van der Waals surface area (Å²) in [5.74, 6) is -0.0858. The Morgan fingerprint density at radius 3 is 2.52 bits per heavy atom. The third-order valence-electron chi connectivity index (χ3n) is 4.94. The molecule has 0 aliphatic carbocycles. The van der Waals surface area contributed by atoms with E-state index in [-0.39, 0.29) is 11.5 Å². The Bertz CT molecular complexity index is 1170. The van der Waals surface area contributed by atoms with E-state index in [1.807, 2.05) is 26.0 Å². The second kappa shape index (κ2) is 6.86. The summed E-state index contributed by atoms with van der Waals surface area (Å²) in [5, 5.41) is 2.80. The average Bonchev–Trinajstić information content (AvgIpc) is 3.05. The SMILES string of the molecule is CC(=O)NCCc1ccc(C)c(C)c1-n1cnc2c1c(=O)n(C)c(=O)n2C. The molecule has 0 saturated heterocycles. The van der Waals surface area contributed by atoms with E-state index in [0.29, 0.717) is 24.1 Å². The van der Waals surface area contributed by atoms with Crippen LogP contribution >= 0.6 is 0 Å². The second-order valence-electron chi connectivity index (χ2n) is 6.74. The van der Waals surface area contributed by atoms with Crippen LogP contribution in [0.5, 0.6) is 0 Å². The van der Waals surface area contributed by atoms with Gasteiger partial charge in [0.05, 0.1) is 5.69 Å². The molecule has 0 unspecified atom stereocenters. The molecule has 0 fully saturated rings. The van der Waals surface area contributed by atoms with E-state index < -0.39 is 5.69 Å². The van der Waals surface area contributed by atoms with Gasteiger partial charge in [-0.25, -0.2) is 9.78 Å². The predicted molar refractivity (Wildman–Crippen MR) is 103 cm³/mol. The topological polar surface area (TPSA) is 90.9 Å². The molecule has 1 amide bonds. The summed E-state index contributed by atoms with van der Waals surface area (Å²) >= 11 is 0. The third-order valence-corrected chi connectivity index (χ3v) is 4.94. The Kier molecular flexibility index (Phi) is 4.73. The molecule has 3 rings (SSSR count). The van der Waals surface area contributed by atoms with Crippen molar-refractivity contribution in [3.05, 3.63) is 56.0 Å². The average molecular weight is 369 g/mol. The van der Waals surface area contributed by atoms with Gasteiger partial charge in [-0.3, -0.25) is 23.3 Å². The number of amides is 1. The minimum absolute atomic E-state index is 0.0858. The van der Waals surface area contributed by atoms with E-state index in [0.717, 1.165) is 26.9 Å². The minimum atomic E-state index is -0.412. The summed E-state index contributed by atoms with van der Waals surface area (Å²) in [6.07, 6.45) is 2.19. The molecule has 2 aromatic heterocycles. The molecular weight excluding hydrogens is 346 g/mol. The van der Waals surface area contributed by atoms with Gasteiger partial charge in [0.25, 0.3) is 5.56 Å². The maximum absolute atomic E-state index is 12.8. The number of fused-ring (bicyclic) bond motifs is 1. The van der Waals surface area contributed by atoms with Crippen LogP contribution in [0.15, 0.2) is 28.0 Å². The third kappa shape index (κ3) is 3.07. The standard InChI is InChI=1S/C19H23N5O3/c1-11-6-7-14(8-9-20-13(3)25)15(12(11)2)24-10-21-17-16(24)18(26)23(5)19(27)22(17)4/h6-7,10H,8-9H2,1-5H3,(H,20,25). The van der Waals surface area contributed by atoms with Gasteiger partial charge in [-0.1, -0.05) is 12.1 Å². The highest BCUT2D eigenvalue weighted by atomic mass is 16.2. The monoisotopic (exact) mass is 369 g/mol. The molecule has 8 heteroatoms. The lowest BCUT2D eigenvalue weighted by atomic mass is 10.0. The van der Waals surface area contributed by atoms with Crippen molar-refractivity contribution >= 4 is 17.1 Å². The van der Waals surface area contributed by atoms with Crippen LogP contribution in [0.4, 0.5) is 0 Å². The summed E-state index contributed by atoms with van der Waals surface area (Å²) in [6.45, 7) is 5.97. The first-order chi connectivity index (χ1) is 12.7. The van der Waals surface area contributed by atoms with Gasteiger partial charge in [0, 0.05) is 27.6 Å². The number of rotatable bonds is 4. The van der Waals surface area contributed by atoms with Gasteiger partial charge in [0.15, 0.2) is 11.2 Å². The summed E-state index contributed by atoms with van der Waals surface area (Å²) in [6, 6.07) is 4.02. The van der Waals surface area contributed by atoms with Gasteiger partial charge >= 0.3 is 5.69 Å². The molecule has 1 aromatic carbocycles. The van der Waals surface area contributed by atoms with Crippen LogP contribution in [-0.2, 0) is 25.3 Å². The van der Waals surface area contributed by atoms with Crippen molar-refractivity contribution < 1.29 is 4.79 Å². The van der Waals surface area contributed by atoms with Crippen LogP contribution < -0.4 is 16.6 Å². The van der Waals surface area contributed by atoms with Crippen molar-refractivity contribution in [2.45, 2.75) is 27.2 Å². The number of imidazole rings is 1. The van der Waals surface area contributed by atoms with E-state index >= 15 is 0 Å². The molecule has 27 heavy (non-hydrogen) atoms. The van der Waals surface area contributed by atoms with Crippen molar-refractivity contribution in [2.24, 2.45) is 14.1 Å². The summed E-state index contributed by atoms with van der Waals surface area (Å²) < 4.78 is 4.21. The Morgan fingerprint density at radius 1 is 1.15 bits per heavy atom. The fraction of sp³-hybridized carbons (Fsp3) is 0.368. The summed E-state index contributed by atoms with van der Waals surface area (Å²) in [5.41, 5.74) is 3.85. The first-order valence-electron chi connectivity index (χ1n) is 8.71. The molecular formula is C19H23N5O3. The highest BCUT2D eigenvalue weighted by Gasteiger charge is 2.19. The van der Waals surface area contributed by atoms with Gasteiger partial charge in [0.2, 0.25) is 5.91 Å². The van der Waals surface area contributed by atoms with Crippen molar-refractivity contribution in [1.29, 1.82) is 0 Å². The van der Waals surface area contributed by atoms with Gasteiger partial charge in [-0.05, 0) is 37.0 Å². The quantitative estimate of drug-likeness (QED) is 0.734. The molecule has 0 saturated carbocycles. The van der Waals surface area contributed by atoms with E-state index in [9.17, 15) is 14.4 Å². The highest BCUT2D eigenvalue weighted by Crippen LogP contribution is 2.25. The lowest BCUT2D eigenvalue weighted by Crippen LogP contribution is -2.37. The zero-order valence-electron chi connectivity index (χ0n) is 16.2. The molecule has 0 spiro atoms. The Hall–Kier alpha value is -3.16. The molecule has 2 heterocycles. The highest BCUT2D eigenvalue weighted by molar-refractivity contribution is 5.74. The fourth-order valence-electron chi connectivity index (χ4n) is 3.28. The molecule has 3 aromatic rings. The summed E-state index contributed by atoms with van der Waals surface area (Å²) in [7, 11) is 3.06. The maximum atomic E-state index is 12.8. The maximum Gasteiger partial charge on any atom is 0.332 e. The zero-order valence-corrected chi connectivity index (χ0v) is 16.2. The lowest BCUT2D eigenvalue weighted by molar-refractivity contribution is -0.118. The minimum Gasteiger partial charge on any atom is -0.356 e. The number of aryl methyl sites for hydroxylation is 2. The predicted octanol–water partition coefficient (Wildman–Crippen LogP) is 0.718. The molecule has 0 radical (unpaired) electrons. The number of hydrogen-bond acceptors (Lipinski definition) is 4. The van der Waals surface area contributed by atoms with E-state index in [1.165, 1.54) is 18.5 Å². The number of carbonyl (C=O) groups is 1. The van der Waals surface area contributed by atoms with Crippen molar-refractivity contribution in [3.8, 4) is 5.69 Å². The molecule has 0 aliphatic heterocycles.